The van der Waals surface area contributed by atoms with Gasteiger partial charge in [0, 0.05) is 14.1 Å². The molecule has 0 bridgehead atoms. The summed E-state index contributed by atoms with van der Waals surface area (Å²) in [6.45, 7) is 4.45. The Labute approximate surface area is 150 Å². The predicted octanol–water partition coefficient (Wildman–Crippen LogP) is 2.57. The largest absolute Gasteiger partial charge is 0.490 e. The Hall–Kier alpha value is -2.54. The average molecular weight is 367 g/mol. The second-order valence-corrected chi connectivity index (χ2v) is 5.67. The van der Waals surface area contributed by atoms with Crippen LogP contribution in [0.2, 0.25) is 5.02 Å². The van der Waals surface area contributed by atoms with Crippen LogP contribution in [0, 0.1) is 0 Å². The maximum atomic E-state index is 12.3. The predicted molar refractivity (Wildman–Crippen MR) is 92.7 cm³/mol. The maximum absolute atomic E-state index is 12.3. The monoisotopic (exact) mass is 366 g/mol. The molecular weight excluding hydrogens is 348 g/mol. The van der Waals surface area contributed by atoms with Gasteiger partial charge in [-0.2, -0.15) is 0 Å². The van der Waals surface area contributed by atoms with Crippen molar-refractivity contribution in [1.29, 1.82) is 0 Å². The molecular formula is C17H19ClN2O5. The number of ether oxygens (including phenoxy) is 2. The van der Waals surface area contributed by atoms with Gasteiger partial charge in [0.05, 0.1) is 18.2 Å². The fourth-order valence-corrected chi connectivity index (χ4v) is 2.63. The second kappa shape index (κ2) is 7.57. The molecule has 2 rings (SSSR count). The highest BCUT2D eigenvalue weighted by atomic mass is 35.5. The van der Waals surface area contributed by atoms with Crippen LogP contribution in [0.3, 0.4) is 0 Å². The molecule has 0 aliphatic carbocycles. The molecule has 0 radical (unpaired) electrons. The Morgan fingerprint density at radius 3 is 2.08 bits per heavy atom. The van der Waals surface area contributed by atoms with Crippen molar-refractivity contribution in [3.05, 3.63) is 28.3 Å². The van der Waals surface area contributed by atoms with E-state index in [2.05, 4.69) is 0 Å². The fourth-order valence-electron chi connectivity index (χ4n) is 2.36. The van der Waals surface area contributed by atoms with Crippen molar-refractivity contribution >= 4 is 35.5 Å². The number of hydrogen-bond acceptors (Lipinski definition) is 5. The molecule has 134 valence electrons. The van der Waals surface area contributed by atoms with Crippen LogP contribution in [-0.2, 0) is 9.59 Å². The number of imide groups is 2. The van der Waals surface area contributed by atoms with Crippen molar-refractivity contribution in [3.8, 4) is 11.5 Å². The number of hydrogen-bond donors (Lipinski definition) is 0. The van der Waals surface area contributed by atoms with E-state index in [0.29, 0.717) is 35.3 Å². The van der Waals surface area contributed by atoms with E-state index in [-0.39, 0.29) is 5.57 Å². The number of amides is 4. The summed E-state index contributed by atoms with van der Waals surface area (Å²) in [5.41, 5.74) is 0.358. The summed E-state index contributed by atoms with van der Waals surface area (Å²) in [7, 11) is 2.64. The number of benzene rings is 1. The van der Waals surface area contributed by atoms with Crippen LogP contribution >= 0.6 is 11.6 Å². The number of carbonyl (C=O) groups is 3. The van der Waals surface area contributed by atoms with Gasteiger partial charge in [0.25, 0.3) is 11.8 Å². The molecule has 1 saturated heterocycles. The van der Waals surface area contributed by atoms with Crippen LogP contribution < -0.4 is 9.47 Å². The minimum absolute atomic E-state index is 0.132. The van der Waals surface area contributed by atoms with Crippen molar-refractivity contribution in [2.24, 2.45) is 0 Å². The lowest BCUT2D eigenvalue weighted by Gasteiger charge is -2.28. The zero-order valence-corrected chi connectivity index (χ0v) is 15.2. The van der Waals surface area contributed by atoms with Gasteiger partial charge in [0.15, 0.2) is 11.5 Å². The Balaban J connectivity index is 2.51. The van der Waals surface area contributed by atoms with E-state index >= 15 is 0 Å². The number of halogens is 1. The van der Waals surface area contributed by atoms with Crippen molar-refractivity contribution in [2.75, 3.05) is 27.3 Å². The summed E-state index contributed by atoms with van der Waals surface area (Å²) in [6, 6.07) is 2.52. The molecule has 1 aliphatic rings. The number of likely N-dealkylation sites (N-methyl/N-ethyl adjacent to an activating group) is 2. The van der Waals surface area contributed by atoms with Crippen molar-refractivity contribution in [1.82, 2.24) is 9.80 Å². The molecule has 1 aromatic rings. The number of rotatable bonds is 5. The van der Waals surface area contributed by atoms with E-state index in [9.17, 15) is 14.4 Å². The fraction of sp³-hybridized carbons (Fsp3) is 0.353. The van der Waals surface area contributed by atoms with E-state index < -0.39 is 17.8 Å². The molecule has 0 spiro atoms. The summed E-state index contributed by atoms with van der Waals surface area (Å²) < 4.78 is 11.0. The Morgan fingerprint density at radius 1 is 1.00 bits per heavy atom. The number of nitrogens with zero attached hydrogens (tertiary/aromatic N) is 2. The summed E-state index contributed by atoms with van der Waals surface area (Å²) in [5, 5.41) is 0.299. The molecule has 1 aliphatic heterocycles. The molecule has 0 atom stereocenters. The van der Waals surface area contributed by atoms with Gasteiger partial charge in [-0.05, 0) is 37.6 Å². The summed E-state index contributed by atoms with van der Waals surface area (Å²) >= 11 is 6.24. The molecule has 0 aromatic heterocycles. The third-order valence-corrected chi connectivity index (χ3v) is 3.86. The standard InChI is InChI=1S/C17H19ClN2O5/c1-5-24-13-9-10(8-12(18)14(13)25-6-2)7-11-15(21)19(3)17(23)20(4)16(11)22/h7-9H,5-6H2,1-4H3. The Kier molecular flexibility index (Phi) is 5.69. The first-order chi connectivity index (χ1) is 11.8. The van der Waals surface area contributed by atoms with Crippen molar-refractivity contribution < 1.29 is 23.9 Å². The smallest absolute Gasteiger partial charge is 0.333 e. The van der Waals surface area contributed by atoms with Gasteiger partial charge in [-0.25, -0.2) is 4.79 Å². The lowest BCUT2D eigenvalue weighted by atomic mass is 10.1. The minimum atomic E-state index is -0.674. The van der Waals surface area contributed by atoms with E-state index in [0.717, 1.165) is 9.80 Å². The zero-order valence-electron chi connectivity index (χ0n) is 14.5. The van der Waals surface area contributed by atoms with Crippen molar-refractivity contribution in [2.45, 2.75) is 13.8 Å². The van der Waals surface area contributed by atoms with Crippen LogP contribution in [0.5, 0.6) is 11.5 Å². The molecule has 8 heteroatoms. The van der Waals surface area contributed by atoms with Gasteiger partial charge < -0.3 is 9.47 Å². The Morgan fingerprint density at radius 2 is 1.56 bits per heavy atom. The van der Waals surface area contributed by atoms with E-state index in [1.807, 2.05) is 13.8 Å². The average Bonchev–Trinajstić information content (AvgIpc) is 2.58. The van der Waals surface area contributed by atoms with E-state index in [4.69, 9.17) is 21.1 Å². The first-order valence-electron chi connectivity index (χ1n) is 7.72. The van der Waals surface area contributed by atoms with Gasteiger partial charge in [0.1, 0.15) is 5.57 Å². The van der Waals surface area contributed by atoms with Crippen LogP contribution in [0.15, 0.2) is 17.7 Å². The zero-order chi connectivity index (χ0) is 18.7. The van der Waals surface area contributed by atoms with Crippen molar-refractivity contribution in [3.63, 3.8) is 0 Å². The molecule has 0 unspecified atom stereocenters. The highest BCUT2D eigenvalue weighted by Crippen LogP contribution is 2.37. The molecule has 1 heterocycles. The molecule has 4 amide bonds. The maximum Gasteiger partial charge on any atom is 0.333 e. The molecule has 1 fully saturated rings. The minimum Gasteiger partial charge on any atom is -0.490 e. The third kappa shape index (κ3) is 3.61. The highest BCUT2D eigenvalue weighted by molar-refractivity contribution is 6.33. The van der Waals surface area contributed by atoms with E-state index in [1.165, 1.54) is 20.2 Å². The molecule has 1 aromatic carbocycles. The first kappa shape index (κ1) is 18.8. The third-order valence-electron chi connectivity index (χ3n) is 3.58. The van der Waals surface area contributed by atoms with Gasteiger partial charge in [-0.15, -0.1) is 0 Å². The lowest BCUT2D eigenvalue weighted by Crippen LogP contribution is -2.52. The Bertz CT molecular complexity index is 734. The topological polar surface area (TPSA) is 76.2 Å². The van der Waals surface area contributed by atoms with Crippen LogP contribution in [0.25, 0.3) is 6.08 Å². The number of urea groups is 1. The highest BCUT2D eigenvalue weighted by Gasteiger charge is 2.37. The van der Waals surface area contributed by atoms with Crippen LogP contribution in [0.4, 0.5) is 4.79 Å². The van der Waals surface area contributed by atoms with Gasteiger partial charge >= 0.3 is 6.03 Å². The summed E-state index contributed by atoms with van der Waals surface area (Å²) in [5.74, 6) is -0.525. The van der Waals surface area contributed by atoms with Crippen LogP contribution in [-0.4, -0.2) is 55.0 Å². The van der Waals surface area contributed by atoms with Gasteiger partial charge in [0.2, 0.25) is 0 Å². The quantitative estimate of drug-likeness (QED) is 0.591. The summed E-state index contributed by atoms with van der Waals surface area (Å²) in [4.78, 5) is 38.1. The molecule has 7 nitrogen and oxygen atoms in total. The summed E-state index contributed by atoms with van der Waals surface area (Å²) in [6.07, 6.45) is 1.38. The lowest BCUT2D eigenvalue weighted by molar-refractivity contribution is -0.134. The molecule has 25 heavy (non-hydrogen) atoms. The molecule has 0 N–H and O–H groups in total. The van der Waals surface area contributed by atoms with Crippen LogP contribution in [0.1, 0.15) is 19.4 Å². The second-order valence-electron chi connectivity index (χ2n) is 5.26. The SMILES string of the molecule is CCOc1cc(C=C2C(=O)N(C)C(=O)N(C)C2=O)cc(Cl)c1OCC. The van der Waals surface area contributed by atoms with Gasteiger partial charge in [-0.1, -0.05) is 11.6 Å². The normalized spacial score (nSPS) is 14.9. The van der Waals surface area contributed by atoms with E-state index in [1.54, 1.807) is 12.1 Å². The first-order valence-corrected chi connectivity index (χ1v) is 8.10. The number of barbiturate groups is 1. The number of carbonyl (C=O) groups excluding carboxylic acids is 3. The molecule has 0 saturated carbocycles. The van der Waals surface area contributed by atoms with Gasteiger partial charge in [-0.3, -0.25) is 19.4 Å².